The number of carbonyl (C=O) groups is 2. The van der Waals surface area contributed by atoms with Gasteiger partial charge >= 0.3 is 0 Å². The molecule has 0 saturated carbocycles. The number of nitrogens with zero attached hydrogens (tertiary/aromatic N) is 5. The molecule has 1 atom stereocenters. The zero-order valence-electron chi connectivity index (χ0n) is 31.0. The van der Waals surface area contributed by atoms with Gasteiger partial charge in [-0.25, -0.2) is 8.99 Å². The molecule has 3 heterocycles. The van der Waals surface area contributed by atoms with Gasteiger partial charge in [0.05, 0.1) is 37.1 Å². The highest BCUT2D eigenvalue weighted by Crippen LogP contribution is 2.32. The Morgan fingerprint density at radius 3 is 2.23 bits per heavy atom. The smallest absolute Gasteiger partial charge is 0.274 e. The number of aryl methyl sites for hydroxylation is 1. The van der Waals surface area contributed by atoms with Gasteiger partial charge in [-0.05, 0) is 88.9 Å². The SMILES string of the molecule is CCCCN(CCCC)C(=O)c1cc(C)n(-c2ccc(-c3ccc([SH](C)(=O)N4CCOCC4)cc3)cc2C(=O)N2Cc3ccccc3C[C@H]2CO)n1. The van der Waals surface area contributed by atoms with E-state index in [1.54, 1.807) is 15.6 Å². The summed E-state index contributed by atoms with van der Waals surface area (Å²) in [5, 5.41) is 15.3. The van der Waals surface area contributed by atoms with Crippen molar-refractivity contribution in [2.24, 2.45) is 0 Å². The third kappa shape index (κ3) is 7.93. The molecule has 6 rings (SSSR count). The summed E-state index contributed by atoms with van der Waals surface area (Å²) in [5.41, 5.74) is 5.97. The standard InChI is InChI=1S/C41H53N5O5S/c1-5-7-19-43(20-8-6-2)41(49)38-25-30(3)46(42-38)39-18-15-33(31-13-16-36(17-14-31)52(4,50)44-21-23-51-24-22-44)27-37(39)40(48)45-28-34-12-10-9-11-32(34)26-35(45)29-47/h9-18,25,27,35,47,52H,5-8,19-24,26,28-29H2,1-4H3/t35-/m0/s1. The van der Waals surface area contributed by atoms with Gasteiger partial charge in [-0.3, -0.25) is 13.8 Å². The Bertz CT molecular complexity index is 1910. The summed E-state index contributed by atoms with van der Waals surface area (Å²) in [5.74, 6) is -0.325. The molecular formula is C41H53N5O5S. The Morgan fingerprint density at radius 1 is 0.923 bits per heavy atom. The molecule has 2 aliphatic heterocycles. The minimum Gasteiger partial charge on any atom is -0.394 e. The minimum absolute atomic E-state index is 0.105. The number of unbranched alkanes of at least 4 members (excludes halogenated alkanes) is 2. The Balaban J connectivity index is 1.39. The van der Waals surface area contributed by atoms with Crippen LogP contribution in [0.15, 0.2) is 77.7 Å². The first-order valence-electron chi connectivity index (χ1n) is 18.7. The molecule has 1 N–H and O–H groups in total. The normalized spacial score (nSPS) is 16.8. The predicted molar refractivity (Wildman–Crippen MR) is 206 cm³/mol. The van der Waals surface area contributed by atoms with Gasteiger partial charge in [0.2, 0.25) is 0 Å². The number of benzene rings is 3. The highest BCUT2D eigenvalue weighted by atomic mass is 32.3. The highest BCUT2D eigenvalue weighted by Gasteiger charge is 2.32. The van der Waals surface area contributed by atoms with Crippen molar-refractivity contribution in [1.29, 1.82) is 0 Å². The molecule has 0 unspecified atom stereocenters. The van der Waals surface area contributed by atoms with Crippen LogP contribution in [0.1, 0.15) is 77.2 Å². The molecule has 2 aliphatic rings. The van der Waals surface area contributed by atoms with Crippen molar-refractivity contribution in [3.05, 3.63) is 101 Å². The Morgan fingerprint density at radius 2 is 1.58 bits per heavy atom. The number of amides is 2. The molecule has 278 valence electrons. The van der Waals surface area contributed by atoms with Crippen LogP contribution in [0.2, 0.25) is 0 Å². The second kappa shape index (κ2) is 16.7. The van der Waals surface area contributed by atoms with Gasteiger partial charge in [0.1, 0.15) is 0 Å². The Kier molecular flexibility index (Phi) is 12.1. The zero-order valence-corrected chi connectivity index (χ0v) is 31.9. The minimum atomic E-state index is -2.77. The molecule has 1 fully saturated rings. The number of rotatable bonds is 13. The number of ether oxygens (including phenoxy) is 1. The van der Waals surface area contributed by atoms with Crippen LogP contribution >= 0.6 is 0 Å². The van der Waals surface area contributed by atoms with E-state index in [0.29, 0.717) is 69.3 Å². The van der Waals surface area contributed by atoms with Gasteiger partial charge in [-0.15, -0.1) is 0 Å². The summed E-state index contributed by atoms with van der Waals surface area (Å²) in [6.07, 6.45) is 6.19. The van der Waals surface area contributed by atoms with Crippen LogP contribution in [0.3, 0.4) is 0 Å². The number of aliphatic hydroxyl groups is 1. The monoisotopic (exact) mass is 727 g/mol. The maximum absolute atomic E-state index is 14.8. The number of hydrogen-bond donors (Lipinski definition) is 2. The average molecular weight is 728 g/mol. The fraction of sp³-hybridized carbons (Fsp3) is 0.439. The third-order valence-electron chi connectivity index (χ3n) is 10.4. The van der Waals surface area contributed by atoms with E-state index in [1.807, 2.05) is 83.0 Å². The van der Waals surface area contributed by atoms with Gasteiger partial charge in [-0.2, -0.15) is 5.10 Å². The second-order valence-corrected chi connectivity index (χ2v) is 16.9. The Hall–Kier alpha value is -4.16. The zero-order chi connectivity index (χ0) is 36.8. The van der Waals surface area contributed by atoms with E-state index in [2.05, 4.69) is 19.9 Å². The van der Waals surface area contributed by atoms with E-state index in [4.69, 9.17) is 9.84 Å². The molecule has 0 radical (unpaired) electrons. The van der Waals surface area contributed by atoms with Crippen LogP contribution < -0.4 is 0 Å². The molecule has 0 aliphatic carbocycles. The predicted octanol–water partition coefficient (Wildman–Crippen LogP) is 5.70. The first-order chi connectivity index (χ1) is 25.2. The van der Waals surface area contributed by atoms with Crippen LogP contribution in [0.5, 0.6) is 0 Å². The lowest BCUT2D eigenvalue weighted by Gasteiger charge is -2.36. The lowest BCUT2D eigenvalue weighted by molar-refractivity contribution is 0.0544. The maximum Gasteiger partial charge on any atom is 0.274 e. The van der Waals surface area contributed by atoms with Crippen molar-refractivity contribution in [2.75, 3.05) is 52.3 Å². The molecule has 4 aromatic rings. The van der Waals surface area contributed by atoms with Crippen molar-refractivity contribution in [3.8, 4) is 16.8 Å². The number of aromatic nitrogens is 2. The van der Waals surface area contributed by atoms with Gasteiger partial charge in [-0.1, -0.05) is 69.2 Å². The van der Waals surface area contributed by atoms with Crippen molar-refractivity contribution in [3.63, 3.8) is 0 Å². The lowest BCUT2D eigenvalue weighted by atomic mass is 9.93. The molecular weight excluding hydrogens is 675 g/mol. The van der Waals surface area contributed by atoms with Crippen LogP contribution in [0, 0.1) is 6.92 Å². The van der Waals surface area contributed by atoms with E-state index in [9.17, 15) is 18.9 Å². The van der Waals surface area contributed by atoms with Gasteiger partial charge in [0, 0.05) is 49.6 Å². The molecule has 11 heteroatoms. The Labute approximate surface area is 308 Å². The number of carbonyl (C=O) groups excluding carboxylic acids is 2. The van der Waals surface area contributed by atoms with Crippen LogP contribution in [-0.2, 0) is 27.8 Å². The number of aliphatic hydroxyl groups excluding tert-OH is 1. The molecule has 10 nitrogen and oxygen atoms in total. The fourth-order valence-electron chi connectivity index (χ4n) is 7.24. The molecule has 1 aromatic heterocycles. The second-order valence-electron chi connectivity index (χ2n) is 14.0. The molecule has 52 heavy (non-hydrogen) atoms. The lowest BCUT2D eigenvalue weighted by Crippen LogP contribution is -2.46. The molecule has 0 spiro atoms. The van der Waals surface area contributed by atoms with Crippen LogP contribution in [-0.4, -0.2) is 103 Å². The molecule has 1 saturated heterocycles. The summed E-state index contributed by atoms with van der Waals surface area (Å²) >= 11 is 0. The number of hydrogen-bond acceptors (Lipinski definition) is 6. The van der Waals surface area contributed by atoms with Gasteiger partial charge in [0.25, 0.3) is 11.8 Å². The van der Waals surface area contributed by atoms with Gasteiger partial charge < -0.3 is 19.6 Å². The fourth-order valence-corrected chi connectivity index (χ4v) is 9.20. The summed E-state index contributed by atoms with van der Waals surface area (Å²) in [4.78, 5) is 33.0. The first kappa shape index (κ1) is 37.6. The van der Waals surface area contributed by atoms with Crippen molar-refractivity contribution in [1.82, 2.24) is 23.9 Å². The number of thiol groups is 1. The topological polar surface area (TPSA) is 108 Å². The van der Waals surface area contributed by atoms with Crippen molar-refractivity contribution >= 4 is 21.9 Å². The largest absolute Gasteiger partial charge is 0.394 e. The van der Waals surface area contributed by atoms with Crippen molar-refractivity contribution < 1.29 is 23.6 Å². The first-order valence-corrected chi connectivity index (χ1v) is 20.8. The quantitative estimate of drug-likeness (QED) is 0.171. The van der Waals surface area contributed by atoms with Crippen LogP contribution in [0.25, 0.3) is 16.8 Å². The maximum atomic E-state index is 14.8. The third-order valence-corrected chi connectivity index (χ3v) is 13.2. The van der Waals surface area contributed by atoms with E-state index in [1.165, 1.54) is 0 Å². The summed E-state index contributed by atoms with van der Waals surface area (Å²) in [6, 6.07) is 22.9. The highest BCUT2D eigenvalue weighted by molar-refractivity contribution is 8.00. The summed E-state index contributed by atoms with van der Waals surface area (Å²) < 4.78 is 23.1. The van der Waals surface area contributed by atoms with E-state index in [0.717, 1.165) is 58.5 Å². The number of fused-ring (bicyclic) bond motifs is 1. The molecule has 0 bridgehead atoms. The molecule has 3 aromatic carbocycles. The van der Waals surface area contributed by atoms with Crippen molar-refractivity contribution in [2.45, 2.75) is 70.4 Å². The summed E-state index contributed by atoms with van der Waals surface area (Å²) in [6.45, 7) is 10.1. The molecule has 2 amide bonds. The average Bonchev–Trinajstić information content (AvgIpc) is 3.58. The number of morpholine rings is 1. The van der Waals surface area contributed by atoms with E-state index < -0.39 is 16.2 Å². The van der Waals surface area contributed by atoms with Gasteiger partial charge in [0.15, 0.2) is 5.69 Å². The van der Waals surface area contributed by atoms with Crippen LogP contribution in [0.4, 0.5) is 0 Å². The van der Waals surface area contributed by atoms with E-state index in [-0.39, 0.29) is 18.4 Å². The summed E-state index contributed by atoms with van der Waals surface area (Å²) in [7, 11) is -2.77. The van der Waals surface area contributed by atoms with E-state index >= 15 is 0 Å².